The predicted octanol–water partition coefficient (Wildman–Crippen LogP) is 3.98. The lowest BCUT2D eigenvalue weighted by atomic mass is 9.75. The van der Waals surface area contributed by atoms with Gasteiger partial charge in [0.25, 0.3) is 0 Å². The Morgan fingerprint density at radius 2 is 2.06 bits per heavy atom. The van der Waals surface area contributed by atoms with Crippen LogP contribution in [0.3, 0.4) is 0 Å². The maximum absolute atomic E-state index is 10.1. The van der Waals surface area contributed by atoms with Gasteiger partial charge in [0.05, 0.1) is 32.6 Å². The molecule has 1 aliphatic carbocycles. The summed E-state index contributed by atoms with van der Waals surface area (Å²) in [4.78, 5) is 3.18. The molecule has 0 aromatic heterocycles. The van der Waals surface area contributed by atoms with Crippen LogP contribution in [-0.2, 0) is 4.74 Å². The molecule has 0 amide bonds. The third kappa shape index (κ3) is 4.97. The van der Waals surface area contributed by atoms with Crippen LogP contribution in [0.15, 0.2) is 17.0 Å². The highest BCUT2D eigenvalue weighted by atomic mass is 32.2. The zero-order valence-corrected chi connectivity index (χ0v) is 19.4. The van der Waals surface area contributed by atoms with Crippen LogP contribution in [0.4, 0.5) is 0 Å². The normalized spacial score (nSPS) is 24.9. The van der Waals surface area contributed by atoms with Gasteiger partial charge in [0.2, 0.25) is 0 Å². The number of hydrogen-bond acceptors (Lipinski definition) is 7. The van der Waals surface area contributed by atoms with Gasteiger partial charge in [-0.25, -0.2) is 0 Å². The monoisotopic (exact) mass is 443 g/mol. The van der Waals surface area contributed by atoms with Crippen molar-refractivity contribution in [3.05, 3.63) is 28.2 Å². The van der Waals surface area contributed by atoms with Crippen molar-refractivity contribution < 1.29 is 14.2 Å². The lowest BCUT2D eigenvalue weighted by Gasteiger charge is -2.40. The quantitative estimate of drug-likeness (QED) is 0.639. The number of morpholine rings is 1. The van der Waals surface area contributed by atoms with Gasteiger partial charge in [-0.2, -0.15) is 5.26 Å². The zero-order chi connectivity index (χ0) is 21.6. The molecule has 2 aliphatic heterocycles. The van der Waals surface area contributed by atoms with Crippen LogP contribution >= 0.6 is 11.8 Å². The van der Waals surface area contributed by atoms with Crippen molar-refractivity contribution in [3.8, 4) is 17.6 Å². The van der Waals surface area contributed by atoms with Gasteiger partial charge in [0.15, 0.2) is 11.5 Å². The van der Waals surface area contributed by atoms with Gasteiger partial charge in [-0.15, -0.1) is 11.8 Å². The Morgan fingerprint density at radius 1 is 1.26 bits per heavy atom. The topological polar surface area (TPSA) is 66.8 Å². The number of nitriles is 1. The van der Waals surface area contributed by atoms with Crippen LogP contribution in [0.25, 0.3) is 5.70 Å². The fraction of sp³-hybridized carbons (Fsp3) is 0.625. The van der Waals surface area contributed by atoms with E-state index in [2.05, 4.69) is 28.4 Å². The number of nitrogens with one attached hydrogen (secondary N) is 1. The summed E-state index contributed by atoms with van der Waals surface area (Å²) in [7, 11) is 1.70. The molecular formula is C24H33N3O3S. The molecule has 1 saturated carbocycles. The van der Waals surface area contributed by atoms with Crippen LogP contribution in [0.2, 0.25) is 0 Å². The van der Waals surface area contributed by atoms with Crippen molar-refractivity contribution in [2.24, 2.45) is 0 Å². The molecule has 6 nitrogen and oxygen atoms in total. The molecule has 0 bridgehead atoms. The average molecular weight is 444 g/mol. The van der Waals surface area contributed by atoms with Crippen molar-refractivity contribution in [1.29, 1.82) is 5.26 Å². The molecule has 2 fully saturated rings. The Kier molecular flexibility index (Phi) is 7.65. The van der Waals surface area contributed by atoms with Crippen molar-refractivity contribution in [3.63, 3.8) is 0 Å². The van der Waals surface area contributed by atoms with Crippen LogP contribution in [-0.4, -0.2) is 63.3 Å². The Hall–Kier alpha value is -1.88. The van der Waals surface area contributed by atoms with E-state index in [1.807, 2.05) is 6.92 Å². The predicted molar refractivity (Wildman–Crippen MR) is 125 cm³/mol. The summed E-state index contributed by atoms with van der Waals surface area (Å²) in [6.45, 7) is 7.08. The molecule has 0 radical (unpaired) electrons. The van der Waals surface area contributed by atoms with Crippen molar-refractivity contribution in [2.45, 2.75) is 44.6 Å². The van der Waals surface area contributed by atoms with E-state index in [1.165, 1.54) is 24.8 Å². The molecule has 1 aromatic rings. The summed E-state index contributed by atoms with van der Waals surface area (Å²) in [6.07, 6.45) is 4.79. The van der Waals surface area contributed by atoms with Crippen LogP contribution in [0.5, 0.6) is 11.5 Å². The molecule has 7 heteroatoms. The van der Waals surface area contributed by atoms with Crippen molar-refractivity contribution >= 4 is 17.5 Å². The molecule has 1 aromatic carbocycles. The number of thioether (sulfide) groups is 1. The molecule has 2 unspecified atom stereocenters. The van der Waals surface area contributed by atoms with Gasteiger partial charge in [0.1, 0.15) is 11.0 Å². The maximum Gasteiger partial charge on any atom is 0.161 e. The number of fused-ring (bicyclic) bond motifs is 3. The van der Waals surface area contributed by atoms with Crippen molar-refractivity contribution in [1.82, 2.24) is 10.2 Å². The largest absolute Gasteiger partial charge is 0.493 e. The molecule has 168 valence electrons. The fourth-order valence-electron chi connectivity index (χ4n) is 4.92. The Balaban J connectivity index is 1.65. The molecule has 4 rings (SSSR count). The molecule has 1 saturated heterocycles. The first-order valence-corrected chi connectivity index (χ1v) is 12.4. The van der Waals surface area contributed by atoms with E-state index in [0.29, 0.717) is 18.6 Å². The lowest BCUT2D eigenvalue weighted by molar-refractivity contribution is 0.0410. The highest BCUT2D eigenvalue weighted by molar-refractivity contribution is 8.03. The number of methoxy groups -OCH3 is 1. The number of benzene rings is 1. The van der Waals surface area contributed by atoms with Crippen LogP contribution in [0, 0.1) is 11.3 Å². The van der Waals surface area contributed by atoms with Crippen LogP contribution < -0.4 is 14.8 Å². The number of hydrogen-bond donors (Lipinski definition) is 1. The third-order valence-electron chi connectivity index (χ3n) is 6.49. The Labute approximate surface area is 189 Å². The van der Waals surface area contributed by atoms with E-state index in [1.54, 1.807) is 18.9 Å². The van der Waals surface area contributed by atoms with E-state index in [-0.39, 0.29) is 0 Å². The van der Waals surface area contributed by atoms with E-state index < -0.39 is 0 Å². The molecular weight excluding hydrogens is 410 g/mol. The first kappa shape index (κ1) is 22.3. The molecule has 31 heavy (non-hydrogen) atoms. The Morgan fingerprint density at radius 3 is 2.81 bits per heavy atom. The lowest BCUT2D eigenvalue weighted by Crippen LogP contribution is -2.41. The summed E-state index contributed by atoms with van der Waals surface area (Å²) in [5.74, 6) is 2.87. The van der Waals surface area contributed by atoms with E-state index in [0.717, 1.165) is 72.7 Å². The summed E-state index contributed by atoms with van der Waals surface area (Å²) in [6, 6.07) is 7.09. The number of nitrogens with zero attached hydrogens (tertiary/aromatic N) is 2. The van der Waals surface area contributed by atoms with Gasteiger partial charge in [-0.1, -0.05) is 12.8 Å². The average Bonchev–Trinajstić information content (AvgIpc) is 2.82. The minimum Gasteiger partial charge on any atom is -0.493 e. The molecule has 2 atom stereocenters. The summed E-state index contributed by atoms with van der Waals surface area (Å²) in [5.41, 5.74) is 3.36. The van der Waals surface area contributed by atoms with Gasteiger partial charge >= 0.3 is 0 Å². The smallest absolute Gasteiger partial charge is 0.161 e. The second-order valence-corrected chi connectivity index (χ2v) is 9.39. The second-order valence-electron chi connectivity index (χ2n) is 8.28. The summed E-state index contributed by atoms with van der Waals surface area (Å²) >= 11 is 1.66. The summed E-state index contributed by atoms with van der Waals surface area (Å²) < 4.78 is 17.0. The Bertz CT molecular complexity index is 845. The minimum atomic E-state index is 0.377. The highest BCUT2D eigenvalue weighted by Gasteiger charge is 2.36. The molecule has 0 spiro atoms. The first-order chi connectivity index (χ1) is 15.2. The SMILES string of the molecule is CCOc1cc2c(cc1OC)C1CCCCC1N/C2=C(/C#N)SCCN1CCOCC1. The number of allylic oxidation sites excluding steroid dienone is 1. The second kappa shape index (κ2) is 10.6. The fourth-order valence-corrected chi connectivity index (χ4v) is 5.85. The third-order valence-corrected chi connectivity index (χ3v) is 7.46. The van der Waals surface area contributed by atoms with Gasteiger partial charge < -0.3 is 19.5 Å². The highest BCUT2D eigenvalue weighted by Crippen LogP contribution is 2.46. The first-order valence-electron chi connectivity index (χ1n) is 11.4. The molecule has 1 N–H and O–H groups in total. The maximum atomic E-state index is 10.1. The van der Waals surface area contributed by atoms with Gasteiger partial charge in [-0.3, -0.25) is 4.90 Å². The number of ether oxygens (including phenoxy) is 3. The van der Waals surface area contributed by atoms with Gasteiger partial charge in [-0.05, 0) is 37.5 Å². The molecule has 3 aliphatic rings. The number of rotatable bonds is 7. The van der Waals surface area contributed by atoms with Crippen LogP contribution in [0.1, 0.15) is 49.7 Å². The van der Waals surface area contributed by atoms with E-state index in [4.69, 9.17) is 14.2 Å². The van der Waals surface area contributed by atoms with E-state index >= 15 is 0 Å². The van der Waals surface area contributed by atoms with Gasteiger partial charge in [0, 0.05) is 42.9 Å². The minimum absolute atomic E-state index is 0.377. The summed E-state index contributed by atoms with van der Waals surface area (Å²) in [5, 5.41) is 13.8. The standard InChI is InChI=1S/C24H33N3O3S/c1-3-30-22-15-19-18(14-21(22)28-2)17-6-4-5-7-20(17)26-24(19)23(16-25)31-13-10-27-8-11-29-12-9-27/h14-15,17,20,26H,3-13H2,1-2H3/b24-23-. The zero-order valence-electron chi connectivity index (χ0n) is 18.6. The van der Waals surface area contributed by atoms with E-state index in [9.17, 15) is 5.26 Å². The molecule has 2 heterocycles. The van der Waals surface area contributed by atoms with Crippen molar-refractivity contribution in [2.75, 3.05) is 52.3 Å².